The highest BCUT2D eigenvalue weighted by Crippen LogP contribution is 2.39. The van der Waals surface area contributed by atoms with E-state index in [9.17, 15) is 19.8 Å². The van der Waals surface area contributed by atoms with Crippen LogP contribution in [0.3, 0.4) is 0 Å². The lowest BCUT2D eigenvalue weighted by molar-refractivity contribution is 0.0683. The van der Waals surface area contributed by atoms with E-state index in [1.54, 1.807) is 72.8 Å². The fourth-order valence-electron chi connectivity index (χ4n) is 3.84. The molecule has 6 N–H and O–H groups in total. The topological polar surface area (TPSA) is 145 Å². The van der Waals surface area contributed by atoms with E-state index in [0.717, 1.165) is 11.1 Å². The number of nitrogens with two attached hydrogens (primary N) is 2. The summed E-state index contributed by atoms with van der Waals surface area (Å²) in [6.07, 6.45) is 0. The summed E-state index contributed by atoms with van der Waals surface area (Å²) in [6.45, 7) is 3.89. The first kappa shape index (κ1) is 25.1. The molecule has 0 saturated heterocycles. The molecule has 37 heavy (non-hydrogen) atoms. The number of hydrogen-bond donors (Lipinski definition) is 4. The zero-order valence-electron chi connectivity index (χ0n) is 20.3. The molecule has 0 unspecified atom stereocenters. The Balaban J connectivity index is 1.74. The molecule has 0 fully saturated rings. The van der Waals surface area contributed by atoms with Gasteiger partial charge in [0.15, 0.2) is 0 Å². The van der Waals surface area contributed by atoms with Crippen molar-refractivity contribution in [3.8, 4) is 23.0 Å². The van der Waals surface area contributed by atoms with E-state index < -0.39 is 17.4 Å². The van der Waals surface area contributed by atoms with E-state index in [2.05, 4.69) is 0 Å². The third-order valence-corrected chi connectivity index (χ3v) is 6.08. The van der Waals surface area contributed by atoms with Gasteiger partial charge in [-0.25, -0.2) is 9.59 Å². The van der Waals surface area contributed by atoms with Crippen molar-refractivity contribution in [1.82, 2.24) is 0 Å². The second kappa shape index (κ2) is 9.94. The van der Waals surface area contributed by atoms with Crippen LogP contribution in [-0.2, 0) is 5.41 Å². The van der Waals surface area contributed by atoms with Crippen molar-refractivity contribution in [2.75, 3.05) is 11.5 Å². The van der Waals surface area contributed by atoms with E-state index in [1.165, 1.54) is 12.1 Å². The van der Waals surface area contributed by atoms with Gasteiger partial charge in [-0.05, 0) is 83.9 Å². The zero-order chi connectivity index (χ0) is 26.7. The highest BCUT2D eigenvalue weighted by molar-refractivity contribution is 5.92. The van der Waals surface area contributed by atoms with Gasteiger partial charge in [-0.1, -0.05) is 26.0 Å². The van der Waals surface area contributed by atoms with Crippen LogP contribution < -0.4 is 20.9 Å². The minimum Gasteiger partial charge on any atom is -0.478 e. The first-order chi connectivity index (χ1) is 17.5. The van der Waals surface area contributed by atoms with Crippen LogP contribution in [0.1, 0.15) is 45.7 Å². The maximum atomic E-state index is 11.9. The summed E-state index contributed by atoms with van der Waals surface area (Å²) in [7, 11) is 0. The Morgan fingerprint density at radius 1 is 0.622 bits per heavy atom. The molecule has 0 aromatic heterocycles. The van der Waals surface area contributed by atoms with Crippen molar-refractivity contribution < 1.29 is 29.3 Å². The molecular formula is C29H26N2O6. The standard InChI is InChI=1S/C29H26N2O6/c1-29(2,17-3-13-23(27(32)33)25(15-17)36-21-9-5-19(30)6-10-21)18-4-14-24(28(34)35)26(16-18)37-22-11-7-20(31)8-12-22/h3-16H,30-31H2,1-2H3,(H,32,33)(H,34,35). The van der Waals surface area contributed by atoms with Crippen LogP contribution in [0.15, 0.2) is 84.9 Å². The molecule has 4 aromatic rings. The van der Waals surface area contributed by atoms with Gasteiger partial charge in [-0.3, -0.25) is 0 Å². The Morgan fingerprint density at radius 3 is 1.30 bits per heavy atom. The smallest absolute Gasteiger partial charge is 0.339 e. The van der Waals surface area contributed by atoms with Crippen LogP contribution >= 0.6 is 0 Å². The number of nitrogen functional groups attached to an aromatic ring is 2. The SMILES string of the molecule is CC(C)(c1ccc(C(=O)O)c(Oc2ccc(N)cc2)c1)c1ccc(C(=O)O)c(Oc2ccc(N)cc2)c1. The van der Waals surface area contributed by atoms with E-state index >= 15 is 0 Å². The monoisotopic (exact) mass is 498 g/mol. The van der Waals surface area contributed by atoms with Gasteiger partial charge in [0.05, 0.1) is 0 Å². The van der Waals surface area contributed by atoms with Gasteiger partial charge in [-0.15, -0.1) is 0 Å². The van der Waals surface area contributed by atoms with Crippen LogP contribution in [0, 0.1) is 0 Å². The predicted octanol–water partition coefficient (Wildman–Crippen LogP) is 6.16. The molecule has 4 aromatic carbocycles. The Kier molecular flexibility index (Phi) is 6.75. The quantitative estimate of drug-likeness (QED) is 0.211. The van der Waals surface area contributed by atoms with Crippen molar-refractivity contribution in [3.05, 3.63) is 107 Å². The third-order valence-electron chi connectivity index (χ3n) is 6.08. The summed E-state index contributed by atoms with van der Waals surface area (Å²) in [6, 6.07) is 23.0. The second-order valence-electron chi connectivity index (χ2n) is 9.00. The van der Waals surface area contributed by atoms with Crippen LogP contribution in [0.25, 0.3) is 0 Å². The minimum atomic E-state index is -1.13. The molecule has 0 aliphatic heterocycles. The molecule has 0 radical (unpaired) electrons. The van der Waals surface area contributed by atoms with Crippen LogP contribution in [0.4, 0.5) is 11.4 Å². The molecule has 8 nitrogen and oxygen atoms in total. The van der Waals surface area contributed by atoms with Crippen molar-refractivity contribution >= 4 is 23.3 Å². The van der Waals surface area contributed by atoms with E-state index in [0.29, 0.717) is 22.9 Å². The number of hydrogen-bond acceptors (Lipinski definition) is 6. The van der Waals surface area contributed by atoms with Gasteiger partial charge in [0.1, 0.15) is 34.1 Å². The minimum absolute atomic E-state index is 0.00460. The molecule has 8 heteroatoms. The Bertz CT molecular complexity index is 1350. The number of carbonyl (C=O) groups is 2. The van der Waals surface area contributed by atoms with Crippen molar-refractivity contribution in [3.63, 3.8) is 0 Å². The summed E-state index contributed by atoms with van der Waals surface area (Å²) in [5.41, 5.74) is 13.4. The van der Waals surface area contributed by atoms with Crippen molar-refractivity contribution in [2.24, 2.45) is 0 Å². The van der Waals surface area contributed by atoms with Crippen LogP contribution in [0.2, 0.25) is 0 Å². The molecule has 0 heterocycles. The number of rotatable bonds is 8. The molecule has 0 bridgehead atoms. The van der Waals surface area contributed by atoms with E-state index in [-0.39, 0.29) is 22.6 Å². The van der Waals surface area contributed by atoms with Gasteiger partial charge in [0.25, 0.3) is 0 Å². The molecule has 0 spiro atoms. The summed E-state index contributed by atoms with van der Waals surface area (Å²) in [5, 5.41) is 19.4. The van der Waals surface area contributed by atoms with Crippen molar-refractivity contribution in [2.45, 2.75) is 19.3 Å². The number of ether oxygens (including phenoxy) is 2. The number of anilines is 2. The van der Waals surface area contributed by atoms with Gasteiger partial charge in [0, 0.05) is 16.8 Å². The average Bonchev–Trinajstić information content (AvgIpc) is 2.86. The highest BCUT2D eigenvalue weighted by Gasteiger charge is 2.27. The normalized spacial score (nSPS) is 11.1. The molecular weight excluding hydrogens is 472 g/mol. The maximum Gasteiger partial charge on any atom is 0.339 e. The second-order valence-corrected chi connectivity index (χ2v) is 9.00. The molecule has 0 atom stereocenters. The largest absolute Gasteiger partial charge is 0.478 e. The first-order valence-electron chi connectivity index (χ1n) is 11.4. The third kappa shape index (κ3) is 5.48. The number of carboxylic acid groups (broad SMARTS) is 2. The predicted molar refractivity (Wildman–Crippen MR) is 141 cm³/mol. The molecule has 0 aliphatic carbocycles. The lowest BCUT2D eigenvalue weighted by atomic mass is 9.77. The fraction of sp³-hybridized carbons (Fsp3) is 0.103. The summed E-state index contributed by atoms with van der Waals surface area (Å²) < 4.78 is 11.8. The van der Waals surface area contributed by atoms with Crippen LogP contribution in [-0.4, -0.2) is 22.2 Å². The zero-order valence-corrected chi connectivity index (χ0v) is 20.3. The first-order valence-corrected chi connectivity index (χ1v) is 11.4. The Morgan fingerprint density at radius 2 is 0.973 bits per heavy atom. The number of aromatic carboxylic acids is 2. The molecule has 0 amide bonds. The maximum absolute atomic E-state index is 11.9. The highest BCUT2D eigenvalue weighted by atomic mass is 16.5. The summed E-state index contributed by atoms with van der Waals surface area (Å²) >= 11 is 0. The molecule has 0 aliphatic rings. The van der Waals surface area contributed by atoms with Gasteiger partial charge >= 0.3 is 11.9 Å². The van der Waals surface area contributed by atoms with Crippen LogP contribution in [0.5, 0.6) is 23.0 Å². The molecule has 4 rings (SSSR count). The van der Waals surface area contributed by atoms with Gasteiger partial charge in [-0.2, -0.15) is 0 Å². The van der Waals surface area contributed by atoms with E-state index in [1.807, 2.05) is 13.8 Å². The Labute approximate surface area is 213 Å². The number of benzene rings is 4. The summed E-state index contributed by atoms with van der Waals surface area (Å²) in [5.74, 6) is -1.03. The molecule has 188 valence electrons. The number of carboxylic acids is 2. The summed E-state index contributed by atoms with van der Waals surface area (Å²) in [4.78, 5) is 23.7. The van der Waals surface area contributed by atoms with Crippen molar-refractivity contribution in [1.29, 1.82) is 0 Å². The Hall–Kier alpha value is -4.98. The average molecular weight is 499 g/mol. The fourth-order valence-corrected chi connectivity index (χ4v) is 3.84. The van der Waals surface area contributed by atoms with E-state index in [4.69, 9.17) is 20.9 Å². The molecule has 0 saturated carbocycles. The van der Waals surface area contributed by atoms with Gasteiger partial charge < -0.3 is 31.2 Å². The lowest BCUT2D eigenvalue weighted by Gasteiger charge is -2.28. The lowest BCUT2D eigenvalue weighted by Crippen LogP contribution is -2.20. The van der Waals surface area contributed by atoms with Gasteiger partial charge in [0.2, 0.25) is 0 Å².